The Labute approximate surface area is 101 Å². The third kappa shape index (κ3) is 7.67. The standard InChI is InChI=1S/C10H22N4O3/c11-5-1-3-7(12)9(15)14-6-2-4-8(13)10(16)17/h7-8H,1-6,11-13H2,(H,14,15)(H,16,17)/t7-,8+/m1/s1. The van der Waals surface area contributed by atoms with Crippen molar-refractivity contribution >= 4 is 11.9 Å². The highest BCUT2D eigenvalue weighted by molar-refractivity contribution is 5.81. The van der Waals surface area contributed by atoms with Crippen molar-refractivity contribution in [3.05, 3.63) is 0 Å². The molecule has 0 heterocycles. The lowest BCUT2D eigenvalue weighted by Gasteiger charge is -2.12. The molecule has 7 nitrogen and oxygen atoms in total. The largest absolute Gasteiger partial charge is 0.480 e. The van der Waals surface area contributed by atoms with Gasteiger partial charge < -0.3 is 27.6 Å². The molecule has 0 saturated carbocycles. The number of nitrogens with one attached hydrogen (secondary N) is 1. The summed E-state index contributed by atoms with van der Waals surface area (Å²) in [5.41, 5.74) is 16.2. The van der Waals surface area contributed by atoms with Crippen molar-refractivity contribution in [3.63, 3.8) is 0 Å². The first kappa shape index (κ1) is 15.8. The highest BCUT2D eigenvalue weighted by atomic mass is 16.4. The Morgan fingerprint density at radius 1 is 1.12 bits per heavy atom. The quantitative estimate of drug-likeness (QED) is 0.309. The zero-order chi connectivity index (χ0) is 13.3. The van der Waals surface area contributed by atoms with Crippen LogP contribution in [-0.4, -0.2) is 42.2 Å². The van der Waals surface area contributed by atoms with Gasteiger partial charge in [0.05, 0.1) is 6.04 Å². The Kier molecular flexibility index (Phi) is 8.29. The van der Waals surface area contributed by atoms with E-state index in [-0.39, 0.29) is 5.91 Å². The zero-order valence-corrected chi connectivity index (χ0v) is 9.89. The SMILES string of the molecule is NCCC[C@@H](N)C(=O)NCCC[C@H](N)C(=O)O. The molecule has 0 aliphatic heterocycles. The Bertz CT molecular complexity index is 248. The molecule has 17 heavy (non-hydrogen) atoms. The predicted octanol–water partition coefficient (Wildman–Crippen LogP) is -1.64. The fourth-order valence-corrected chi connectivity index (χ4v) is 1.26. The van der Waals surface area contributed by atoms with Gasteiger partial charge in [-0.2, -0.15) is 0 Å². The van der Waals surface area contributed by atoms with Gasteiger partial charge in [0.25, 0.3) is 0 Å². The van der Waals surface area contributed by atoms with Gasteiger partial charge in [0.1, 0.15) is 6.04 Å². The lowest BCUT2D eigenvalue weighted by molar-refractivity contribution is -0.138. The summed E-state index contributed by atoms with van der Waals surface area (Å²) in [5.74, 6) is -1.27. The van der Waals surface area contributed by atoms with E-state index >= 15 is 0 Å². The van der Waals surface area contributed by atoms with Crippen LogP contribution in [0.5, 0.6) is 0 Å². The molecular formula is C10H22N4O3. The summed E-state index contributed by atoms with van der Waals surface area (Å²) in [5, 5.41) is 11.2. The molecule has 0 unspecified atom stereocenters. The molecule has 0 spiro atoms. The minimum atomic E-state index is -1.03. The molecule has 0 aromatic heterocycles. The number of carboxylic acids is 1. The van der Waals surface area contributed by atoms with E-state index in [0.717, 1.165) is 0 Å². The first-order valence-corrected chi connectivity index (χ1v) is 5.70. The summed E-state index contributed by atoms with van der Waals surface area (Å²) < 4.78 is 0. The van der Waals surface area contributed by atoms with E-state index in [1.54, 1.807) is 0 Å². The van der Waals surface area contributed by atoms with E-state index in [9.17, 15) is 9.59 Å². The summed E-state index contributed by atoms with van der Waals surface area (Å²) in [6.07, 6.45) is 2.10. The van der Waals surface area contributed by atoms with Gasteiger partial charge in [0, 0.05) is 6.54 Å². The first-order chi connectivity index (χ1) is 7.99. The summed E-state index contributed by atoms with van der Waals surface area (Å²) in [6, 6.07) is -1.43. The van der Waals surface area contributed by atoms with Crippen LogP contribution in [0.3, 0.4) is 0 Å². The van der Waals surface area contributed by atoms with Crippen molar-refractivity contribution < 1.29 is 14.7 Å². The van der Waals surface area contributed by atoms with Crippen LogP contribution >= 0.6 is 0 Å². The number of hydrogen-bond acceptors (Lipinski definition) is 5. The van der Waals surface area contributed by atoms with Gasteiger partial charge in [-0.05, 0) is 32.2 Å². The summed E-state index contributed by atoms with van der Waals surface area (Å²) in [7, 11) is 0. The van der Waals surface area contributed by atoms with E-state index in [1.165, 1.54) is 0 Å². The van der Waals surface area contributed by atoms with Crippen molar-refractivity contribution in [2.45, 2.75) is 37.8 Å². The highest BCUT2D eigenvalue weighted by Gasteiger charge is 2.13. The average molecular weight is 246 g/mol. The van der Waals surface area contributed by atoms with Crippen LogP contribution < -0.4 is 22.5 Å². The number of amides is 1. The molecule has 7 heteroatoms. The maximum absolute atomic E-state index is 11.4. The Hall–Kier alpha value is -1.18. The molecule has 1 amide bonds. The Morgan fingerprint density at radius 3 is 2.24 bits per heavy atom. The second kappa shape index (κ2) is 8.91. The lowest BCUT2D eigenvalue weighted by atomic mass is 10.1. The molecule has 0 fully saturated rings. The molecule has 8 N–H and O–H groups in total. The number of carbonyl (C=O) groups excluding carboxylic acids is 1. The minimum Gasteiger partial charge on any atom is -0.480 e. The van der Waals surface area contributed by atoms with E-state index in [4.69, 9.17) is 22.3 Å². The number of aliphatic carboxylic acids is 1. The number of hydrogen-bond donors (Lipinski definition) is 5. The van der Waals surface area contributed by atoms with E-state index in [2.05, 4.69) is 5.32 Å². The number of carbonyl (C=O) groups is 2. The predicted molar refractivity (Wildman–Crippen MR) is 64.1 cm³/mol. The summed E-state index contributed by atoms with van der Waals surface area (Å²) >= 11 is 0. The fraction of sp³-hybridized carbons (Fsp3) is 0.800. The van der Waals surface area contributed by atoms with Crippen molar-refractivity contribution in [1.29, 1.82) is 0 Å². The van der Waals surface area contributed by atoms with Crippen LogP contribution in [0, 0.1) is 0 Å². The summed E-state index contributed by atoms with van der Waals surface area (Å²) in [4.78, 5) is 21.8. The first-order valence-electron chi connectivity index (χ1n) is 5.70. The molecule has 0 bridgehead atoms. The molecule has 0 aliphatic rings. The van der Waals surface area contributed by atoms with Gasteiger partial charge in [0.2, 0.25) is 5.91 Å². The normalized spacial score (nSPS) is 14.1. The van der Waals surface area contributed by atoms with Crippen molar-refractivity contribution in [2.75, 3.05) is 13.1 Å². The molecule has 0 radical (unpaired) electrons. The molecular weight excluding hydrogens is 224 g/mol. The van der Waals surface area contributed by atoms with Crippen molar-refractivity contribution in [2.24, 2.45) is 17.2 Å². The van der Waals surface area contributed by atoms with Gasteiger partial charge in [0.15, 0.2) is 0 Å². The second-order valence-corrected chi connectivity index (χ2v) is 3.92. The topological polar surface area (TPSA) is 144 Å². The maximum Gasteiger partial charge on any atom is 0.320 e. The molecule has 0 rings (SSSR count). The fourth-order valence-electron chi connectivity index (χ4n) is 1.26. The number of nitrogens with two attached hydrogens (primary N) is 3. The average Bonchev–Trinajstić information content (AvgIpc) is 2.30. The van der Waals surface area contributed by atoms with Crippen LogP contribution in [0.25, 0.3) is 0 Å². The number of carboxylic acid groups (broad SMARTS) is 1. The Morgan fingerprint density at radius 2 is 1.71 bits per heavy atom. The van der Waals surface area contributed by atoms with Crippen LogP contribution in [0.4, 0.5) is 0 Å². The second-order valence-electron chi connectivity index (χ2n) is 3.92. The molecule has 0 aliphatic carbocycles. The molecule has 0 aromatic carbocycles. The molecule has 100 valence electrons. The van der Waals surface area contributed by atoms with Crippen molar-refractivity contribution in [3.8, 4) is 0 Å². The summed E-state index contributed by atoms with van der Waals surface area (Å²) in [6.45, 7) is 0.893. The van der Waals surface area contributed by atoms with E-state index < -0.39 is 18.1 Å². The van der Waals surface area contributed by atoms with Gasteiger partial charge >= 0.3 is 5.97 Å². The van der Waals surface area contributed by atoms with Crippen molar-refractivity contribution in [1.82, 2.24) is 5.32 Å². The molecule has 2 atom stereocenters. The monoisotopic (exact) mass is 246 g/mol. The maximum atomic E-state index is 11.4. The van der Waals surface area contributed by atoms with Gasteiger partial charge in [-0.25, -0.2) is 0 Å². The third-order valence-electron chi connectivity index (χ3n) is 2.36. The zero-order valence-electron chi connectivity index (χ0n) is 9.89. The van der Waals surface area contributed by atoms with Gasteiger partial charge in [-0.15, -0.1) is 0 Å². The Balaban J connectivity index is 3.60. The van der Waals surface area contributed by atoms with Gasteiger partial charge in [-0.1, -0.05) is 0 Å². The third-order valence-corrected chi connectivity index (χ3v) is 2.36. The smallest absolute Gasteiger partial charge is 0.320 e. The highest BCUT2D eigenvalue weighted by Crippen LogP contribution is 1.95. The molecule has 0 aromatic rings. The van der Waals surface area contributed by atoms with Gasteiger partial charge in [-0.3, -0.25) is 9.59 Å². The van der Waals surface area contributed by atoms with Crippen LogP contribution in [0.15, 0.2) is 0 Å². The van der Waals surface area contributed by atoms with Crippen LogP contribution in [0.2, 0.25) is 0 Å². The van der Waals surface area contributed by atoms with Crippen LogP contribution in [0.1, 0.15) is 25.7 Å². The van der Waals surface area contributed by atoms with E-state index in [0.29, 0.717) is 38.8 Å². The minimum absolute atomic E-state index is 0.234. The van der Waals surface area contributed by atoms with Crippen LogP contribution in [-0.2, 0) is 9.59 Å². The molecule has 0 saturated heterocycles. The van der Waals surface area contributed by atoms with E-state index in [1.807, 2.05) is 0 Å². The number of rotatable bonds is 9. The lowest BCUT2D eigenvalue weighted by Crippen LogP contribution is -2.41.